The highest BCUT2D eigenvalue weighted by atomic mass is 32.2. The number of nitrogens with one attached hydrogen (secondary N) is 2. The molecule has 1 aromatic rings. The standard InChI is InChI=1S/C24H35N3O6S/c1-15-13-18(21(29)27(15)19(22(30)31)14-16-9-7-6-8-10-16)25-20(28)17(11-12-34-5)26-23(32)33-24(2,3)4/h6-10,15,17-19H,11-14H2,1-5H3,(H,25,28)(H,26,32)(H,30,31)/t15?,17-,18?,19-/m0/s1. The molecule has 0 radical (unpaired) electrons. The van der Waals surface area contributed by atoms with E-state index in [0.717, 1.165) is 5.56 Å². The predicted molar refractivity (Wildman–Crippen MR) is 131 cm³/mol. The molecule has 3 amide bonds. The van der Waals surface area contributed by atoms with E-state index in [1.165, 1.54) is 16.7 Å². The Bertz CT molecular complexity index is 873. The van der Waals surface area contributed by atoms with E-state index in [9.17, 15) is 24.3 Å². The molecule has 0 aliphatic carbocycles. The van der Waals surface area contributed by atoms with Gasteiger partial charge in [0, 0.05) is 12.5 Å². The fourth-order valence-electron chi connectivity index (χ4n) is 3.90. The lowest BCUT2D eigenvalue weighted by molar-refractivity contribution is -0.150. The minimum absolute atomic E-state index is 0.170. The van der Waals surface area contributed by atoms with Crippen LogP contribution in [0.15, 0.2) is 30.3 Å². The highest BCUT2D eigenvalue weighted by Gasteiger charge is 2.44. The smallest absolute Gasteiger partial charge is 0.408 e. The zero-order valence-corrected chi connectivity index (χ0v) is 21.2. The molecule has 0 spiro atoms. The molecule has 0 aromatic heterocycles. The van der Waals surface area contributed by atoms with E-state index in [1.807, 2.05) is 36.6 Å². The van der Waals surface area contributed by atoms with Crippen molar-refractivity contribution in [2.45, 2.75) is 76.7 Å². The van der Waals surface area contributed by atoms with Gasteiger partial charge in [-0.2, -0.15) is 11.8 Å². The van der Waals surface area contributed by atoms with Crippen molar-refractivity contribution < 1.29 is 29.0 Å². The molecule has 188 valence electrons. The summed E-state index contributed by atoms with van der Waals surface area (Å²) in [6.07, 6.45) is 1.99. The van der Waals surface area contributed by atoms with E-state index in [4.69, 9.17) is 4.74 Å². The summed E-state index contributed by atoms with van der Waals surface area (Å²) in [7, 11) is 0. The fraction of sp³-hybridized carbons (Fsp3) is 0.583. The number of carboxylic acid groups (broad SMARTS) is 1. The van der Waals surface area contributed by atoms with Crippen LogP contribution in [0.25, 0.3) is 0 Å². The molecule has 10 heteroatoms. The van der Waals surface area contributed by atoms with Crippen molar-refractivity contribution in [1.82, 2.24) is 15.5 Å². The first-order valence-corrected chi connectivity index (χ1v) is 12.7. The number of hydrogen-bond donors (Lipinski definition) is 3. The van der Waals surface area contributed by atoms with Crippen molar-refractivity contribution in [3.05, 3.63) is 35.9 Å². The van der Waals surface area contributed by atoms with Gasteiger partial charge in [0.1, 0.15) is 23.7 Å². The van der Waals surface area contributed by atoms with Crippen molar-refractivity contribution in [3.8, 4) is 0 Å². The third-order valence-electron chi connectivity index (χ3n) is 5.43. The van der Waals surface area contributed by atoms with Crippen LogP contribution in [0.3, 0.4) is 0 Å². The Kier molecular flexibility index (Phi) is 9.78. The number of thioether (sulfide) groups is 1. The molecule has 1 aromatic carbocycles. The number of carboxylic acids is 1. The number of alkyl carbamates (subject to hydrolysis) is 1. The number of aliphatic carboxylic acids is 1. The van der Waals surface area contributed by atoms with Crippen molar-refractivity contribution in [2.75, 3.05) is 12.0 Å². The van der Waals surface area contributed by atoms with Crippen molar-refractivity contribution in [1.29, 1.82) is 0 Å². The van der Waals surface area contributed by atoms with Gasteiger partial charge in [0.25, 0.3) is 0 Å². The summed E-state index contributed by atoms with van der Waals surface area (Å²) in [5, 5.41) is 15.1. The molecule has 1 saturated heterocycles. The molecule has 3 N–H and O–H groups in total. The first-order valence-electron chi connectivity index (χ1n) is 11.3. The van der Waals surface area contributed by atoms with E-state index in [0.29, 0.717) is 12.2 Å². The highest BCUT2D eigenvalue weighted by molar-refractivity contribution is 7.98. The molecule has 2 unspecified atom stereocenters. The van der Waals surface area contributed by atoms with Crippen LogP contribution in [-0.2, 0) is 25.5 Å². The minimum Gasteiger partial charge on any atom is -0.480 e. The average molecular weight is 494 g/mol. The summed E-state index contributed by atoms with van der Waals surface area (Å²) in [6.45, 7) is 6.95. The van der Waals surface area contributed by atoms with Crippen molar-refractivity contribution >= 4 is 35.6 Å². The molecule has 9 nitrogen and oxygen atoms in total. The number of nitrogens with zero attached hydrogens (tertiary/aromatic N) is 1. The van der Waals surface area contributed by atoms with Crippen LogP contribution >= 0.6 is 11.8 Å². The third kappa shape index (κ3) is 7.93. The Morgan fingerprint density at radius 1 is 1.24 bits per heavy atom. The Hall–Kier alpha value is -2.75. The molecular weight excluding hydrogens is 458 g/mol. The summed E-state index contributed by atoms with van der Waals surface area (Å²) >= 11 is 1.53. The molecule has 1 aliphatic heterocycles. The second-order valence-electron chi connectivity index (χ2n) is 9.42. The van der Waals surface area contributed by atoms with Gasteiger partial charge in [-0.15, -0.1) is 0 Å². The lowest BCUT2D eigenvalue weighted by Crippen LogP contribution is -2.53. The lowest BCUT2D eigenvalue weighted by atomic mass is 10.0. The quantitative estimate of drug-likeness (QED) is 0.457. The normalized spacial score (nSPS) is 19.9. The monoisotopic (exact) mass is 493 g/mol. The molecular formula is C24H35N3O6S. The van der Waals surface area contributed by atoms with Gasteiger partial charge in [-0.1, -0.05) is 30.3 Å². The maximum Gasteiger partial charge on any atom is 0.408 e. The molecule has 2 rings (SSSR count). The number of benzene rings is 1. The van der Waals surface area contributed by atoms with Crippen LogP contribution in [0, 0.1) is 0 Å². The number of rotatable bonds is 10. The summed E-state index contributed by atoms with van der Waals surface area (Å²) < 4.78 is 5.26. The van der Waals surface area contributed by atoms with Crippen molar-refractivity contribution in [3.63, 3.8) is 0 Å². The van der Waals surface area contributed by atoms with Gasteiger partial charge in [0.15, 0.2) is 0 Å². The van der Waals surface area contributed by atoms with Crippen LogP contribution in [0.2, 0.25) is 0 Å². The summed E-state index contributed by atoms with van der Waals surface area (Å²) in [4.78, 5) is 51.7. The Balaban J connectivity index is 2.10. The second kappa shape index (κ2) is 12.1. The van der Waals surface area contributed by atoms with E-state index in [1.54, 1.807) is 27.7 Å². The minimum atomic E-state index is -1.10. The molecule has 1 fully saturated rings. The van der Waals surface area contributed by atoms with Gasteiger partial charge in [0.05, 0.1) is 0 Å². The van der Waals surface area contributed by atoms with E-state index in [2.05, 4.69) is 10.6 Å². The number of carbonyl (C=O) groups is 4. The van der Waals surface area contributed by atoms with Crippen LogP contribution in [0.5, 0.6) is 0 Å². The highest BCUT2D eigenvalue weighted by Crippen LogP contribution is 2.24. The van der Waals surface area contributed by atoms with E-state index >= 15 is 0 Å². The van der Waals surface area contributed by atoms with Crippen molar-refractivity contribution in [2.24, 2.45) is 0 Å². The molecule has 0 saturated carbocycles. The van der Waals surface area contributed by atoms with E-state index < -0.39 is 47.6 Å². The molecule has 1 aliphatic rings. The largest absolute Gasteiger partial charge is 0.480 e. The summed E-state index contributed by atoms with van der Waals surface area (Å²) in [5.74, 6) is -1.42. The van der Waals surface area contributed by atoms with Gasteiger partial charge in [-0.3, -0.25) is 9.59 Å². The maximum absolute atomic E-state index is 13.2. The van der Waals surface area contributed by atoms with Crippen LogP contribution in [0.4, 0.5) is 4.79 Å². The summed E-state index contributed by atoms with van der Waals surface area (Å²) in [5.41, 5.74) is 0.0908. The fourth-order valence-corrected chi connectivity index (χ4v) is 4.37. The third-order valence-corrected chi connectivity index (χ3v) is 6.08. The zero-order chi connectivity index (χ0) is 25.5. The number of ether oxygens (including phenoxy) is 1. The number of amides is 3. The molecule has 34 heavy (non-hydrogen) atoms. The number of carbonyl (C=O) groups excluding carboxylic acids is 3. The van der Waals surface area contributed by atoms with Gasteiger partial charge in [0.2, 0.25) is 11.8 Å². The average Bonchev–Trinajstić information content (AvgIpc) is 3.01. The summed E-state index contributed by atoms with van der Waals surface area (Å²) in [6, 6.07) is 5.96. The first kappa shape index (κ1) is 27.5. The topological polar surface area (TPSA) is 125 Å². The van der Waals surface area contributed by atoms with Gasteiger partial charge < -0.3 is 25.4 Å². The Morgan fingerprint density at radius 3 is 2.44 bits per heavy atom. The van der Waals surface area contributed by atoms with Crippen LogP contribution < -0.4 is 10.6 Å². The number of hydrogen-bond acceptors (Lipinski definition) is 6. The Morgan fingerprint density at radius 2 is 1.88 bits per heavy atom. The van der Waals surface area contributed by atoms with Crippen LogP contribution in [-0.4, -0.2) is 75.7 Å². The zero-order valence-electron chi connectivity index (χ0n) is 20.4. The van der Waals surface area contributed by atoms with Crippen LogP contribution in [0.1, 0.15) is 46.1 Å². The number of likely N-dealkylation sites (tertiary alicyclic amines) is 1. The van der Waals surface area contributed by atoms with Gasteiger partial charge >= 0.3 is 12.1 Å². The van der Waals surface area contributed by atoms with E-state index in [-0.39, 0.29) is 18.9 Å². The molecule has 0 bridgehead atoms. The molecule has 1 heterocycles. The second-order valence-corrected chi connectivity index (χ2v) is 10.4. The lowest BCUT2D eigenvalue weighted by Gasteiger charge is -2.29. The first-order chi connectivity index (χ1) is 15.9. The maximum atomic E-state index is 13.2. The van der Waals surface area contributed by atoms with Gasteiger partial charge in [-0.05, 0) is 58.1 Å². The van der Waals surface area contributed by atoms with Gasteiger partial charge in [-0.25, -0.2) is 9.59 Å². The SMILES string of the molecule is CSCC[C@H](NC(=O)OC(C)(C)C)C(=O)NC1CC(C)N([C@@H](Cc2ccccc2)C(=O)O)C1=O. The Labute approximate surface area is 205 Å². The molecule has 4 atom stereocenters. The predicted octanol–water partition coefficient (Wildman–Crippen LogP) is 2.43.